The second kappa shape index (κ2) is 14.9. The molecule has 0 bridgehead atoms. The lowest BCUT2D eigenvalue weighted by molar-refractivity contribution is -0.142. The SMILES string of the molecule is COc1ccc(CN(C(=O)COc2ccc(S(=O)(=O)N3CCOCC3)cc2)C(C)C(=O)NCc2ccccc2OC)cc1. The number of sulfonamides is 1. The quantitative estimate of drug-likeness (QED) is 0.313. The van der Waals surface area contributed by atoms with Gasteiger partial charge in [0.15, 0.2) is 6.61 Å². The number of ether oxygens (including phenoxy) is 4. The molecule has 3 aromatic rings. The minimum Gasteiger partial charge on any atom is -0.497 e. The molecule has 230 valence electrons. The van der Waals surface area contributed by atoms with Crippen LogP contribution >= 0.6 is 0 Å². The summed E-state index contributed by atoms with van der Waals surface area (Å²) in [6.45, 7) is 2.99. The van der Waals surface area contributed by atoms with Crippen LogP contribution in [0.15, 0.2) is 77.7 Å². The van der Waals surface area contributed by atoms with Crippen LogP contribution < -0.4 is 19.5 Å². The van der Waals surface area contributed by atoms with E-state index in [1.165, 1.54) is 33.5 Å². The Hall–Kier alpha value is -4.13. The number of carbonyl (C=O) groups is 2. The fraction of sp³-hybridized carbons (Fsp3) is 0.355. The van der Waals surface area contributed by atoms with Crippen molar-refractivity contribution >= 4 is 21.8 Å². The fourth-order valence-corrected chi connectivity index (χ4v) is 5.97. The highest BCUT2D eigenvalue weighted by atomic mass is 32.2. The average molecular weight is 612 g/mol. The number of carbonyl (C=O) groups excluding carboxylic acids is 2. The first-order chi connectivity index (χ1) is 20.7. The van der Waals surface area contributed by atoms with Crippen LogP contribution in [-0.4, -0.2) is 82.6 Å². The van der Waals surface area contributed by atoms with E-state index in [1.54, 1.807) is 33.3 Å². The topological polar surface area (TPSA) is 124 Å². The molecule has 0 aromatic heterocycles. The van der Waals surface area contributed by atoms with Crippen molar-refractivity contribution in [1.29, 1.82) is 0 Å². The zero-order valence-corrected chi connectivity index (χ0v) is 25.3. The van der Waals surface area contributed by atoms with Crippen molar-refractivity contribution in [2.45, 2.75) is 31.0 Å². The number of nitrogens with zero attached hydrogens (tertiary/aromatic N) is 2. The number of amides is 2. The summed E-state index contributed by atoms with van der Waals surface area (Å²) in [6.07, 6.45) is 0. The van der Waals surface area contributed by atoms with Gasteiger partial charge in [0.05, 0.1) is 32.3 Å². The third-order valence-corrected chi connectivity index (χ3v) is 9.03. The van der Waals surface area contributed by atoms with Crippen molar-refractivity contribution in [3.05, 3.63) is 83.9 Å². The maximum absolute atomic E-state index is 13.5. The monoisotopic (exact) mass is 611 g/mol. The Morgan fingerprint density at radius 2 is 1.58 bits per heavy atom. The van der Waals surface area contributed by atoms with Crippen molar-refractivity contribution in [2.75, 3.05) is 47.1 Å². The molecule has 1 fully saturated rings. The maximum atomic E-state index is 13.5. The number of hydrogen-bond donors (Lipinski definition) is 1. The minimum absolute atomic E-state index is 0.134. The van der Waals surface area contributed by atoms with E-state index in [1.807, 2.05) is 36.4 Å². The molecular weight excluding hydrogens is 574 g/mol. The van der Waals surface area contributed by atoms with Crippen molar-refractivity contribution in [2.24, 2.45) is 0 Å². The molecule has 1 heterocycles. The van der Waals surface area contributed by atoms with Crippen LogP contribution in [0.1, 0.15) is 18.1 Å². The van der Waals surface area contributed by atoms with Gasteiger partial charge in [-0.1, -0.05) is 30.3 Å². The standard InChI is InChI=1S/C31H37N3O8S/c1-23(31(36)32-20-25-6-4-5-7-29(25)40-3)34(21-24-8-10-26(39-2)11-9-24)30(35)22-42-27-12-14-28(15-13-27)43(37,38)33-16-18-41-19-17-33/h4-15,23H,16-22H2,1-3H3,(H,32,36). The molecule has 0 spiro atoms. The predicted molar refractivity (Wildman–Crippen MR) is 159 cm³/mol. The smallest absolute Gasteiger partial charge is 0.261 e. The van der Waals surface area contributed by atoms with Gasteiger partial charge in [-0.2, -0.15) is 4.31 Å². The van der Waals surface area contributed by atoms with E-state index >= 15 is 0 Å². The Kier molecular flexibility index (Phi) is 11.0. The number of benzene rings is 3. The lowest BCUT2D eigenvalue weighted by Gasteiger charge is -2.29. The summed E-state index contributed by atoms with van der Waals surface area (Å²) < 4.78 is 48.8. The van der Waals surface area contributed by atoms with Crippen LogP contribution in [-0.2, 0) is 37.4 Å². The molecule has 0 saturated carbocycles. The zero-order valence-electron chi connectivity index (χ0n) is 24.5. The van der Waals surface area contributed by atoms with Crippen molar-refractivity contribution in [1.82, 2.24) is 14.5 Å². The number of rotatable bonds is 13. The molecule has 1 N–H and O–H groups in total. The van der Waals surface area contributed by atoms with Gasteiger partial charge in [-0.15, -0.1) is 0 Å². The van der Waals surface area contributed by atoms with Gasteiger partial charge in [-0.05, 0) is 55.0 Å². The summed E-state index contributed by atoms with van der Waals surface area (Å²) in [5.74, 6) is 0.892. The number of morpholine rings is 1. The second-order valence-electron chi connectivity index (χ2n) is 9.85. The number of hydrogen-bond acceptors (Lipinski definition) is 8. The van der Waals surface area contributed by atoms with Gasteiger partial charge in [0, 0.05) is 31.7 Å². The molecule has 1 atom stereocenters. The average Bonchev–Trinajstić information content (AvgIpc) is 3.05. The molecule has 0 radical (unpaired) electrons. The van der Waals surface area contributed by atoms with E-state index in [4.69, 9.17) is 18.9 Å². The van der Waals surface area contributed by atoms with Gasteiger partial charge < -0.3 is 29.2 Å². The fourth-order valence-electron chi connectivity index (χ4n) is 4.56. The van der Waals surface area contributed by atoms with Crippen LogP contribution in [0.2, 0.25) is 0 Å². The molecule has 1 aliphatic heterocycles. The van der Waals surface area contributed by atoms with E-state index in [2.05, 4.69) is 5.32 Å². The highest BCUT2D eigenvalue weighted by molar-refractivity contribution is 7.89. The highest BCUT2D eigenvalue weighted by Gasteiger charge is 2.28. The molecule has 43 heavy (non-hydrogen) atoms. The van der Waals surface area contributed by atoms with Crippen LogP contribution in [0.3, 0.4) is 0 Å². The number of para-hydroxylation sites is 1. The summed E-state index contributed by atoms with van der Waals surface area (Å²) in [6, 6.07) is 19.7. The Balaban J connectivity index is 1.44. The van der Waals surface area contributed by atoms with E-state index in [0.717, 1.165) is 11.1 Å². The van der Waals surface area contributed by atoms with Crippen molar-refractivity contribution in [3.63, 3.8) is 0 Å². The molecule has 1 unspecified atom stereocenters. The molecule has 1 saturated heterocycles. The Labute approximate surface area is 252 Å². The first kappa shape index (κ1) is 31.8. The molecule has 12 heteroatoms. The van der Waals surface area contributed by atoms with E-state index < -0.39 is 22.0 Å². The molecular formula is C31H37N3O8S. The number of nitrogens with one attached hydrogen (secondary N) is 1. The first-order valence-electron chi connectivity index (χ1n) is 13.9. The van der Waals surface area contributed by atoms with Crippen LogP contribution in [0, 0.1) is 0 Å². The molecule has 1 aliphatic rings. The molecule has 0 aliphatic carbocycles. The number of methoxy groups -OCH3 is 2. The summed E-state index contributed by atoms with van der Waals surface area (Å²) in [5, 5.41) is 2.89. The van der Waals surface area contributed by atoms with Crippen molar-refractivity contribution < 1.29 is 37.0 Å². The van der Waals surface area contributed by atoms with Gasteiger partial charge in [0.1, 0.15) is 23.3 Å². The lowest BCUT2D eigenvalue weighted by atomic mass is 10.1. The van der Waals surface area contributed by atoms with E-state index in [0.29, 0.717) is 43.6 Å². The lowest BCUT2D eigenvalue weighted by Crippen LogP contribution is -2.48. The van der Waals surface area contributed by atoms with Crippen molar-refractivity contribution in [3.8, 4) is 17.2 Å². The zero-order chi connectivity index (χ0) is 30.8. The van der Waals surface area contributed by atoms with Gasteiger partial charge in [-0.25, -0.2) is 8.42 Å². The molecule has 4 rings (SSSR count). The van der Waals surface area contributed by atoms with Crippen LogP contribution in [0.4, 0.5) is 0 Å². The summed E-state index contributed by atoms with van der Waals surface area (Å²) in [5.41, 5.74) is 1.61. The maximum Gasteiger partial charge on any atom is 0.261 e. The van der Waals surface area contributed by atoms with E-state index in [-0.39, 0.29) is 30.5 Å². The van der Waals surface area contributed by atoms with Crippen LogP contribution in [0.5, 0.6) is 17.2 Å². The highest BCUT2D eigenvalue weighted by Crippen LogP contribution is 2.22. The third-order valence-electron chi connectivity index (χ3n) is 7.12. The summed E-state index contributed by atoms with van der Waals surface area (Å²) in [7, 11) is -0.518. The summed E-state index contributed by atoms with van der Waals surface area (Å²) >= 11 is 0. The predicted octanol–water partition coefficient (Wildman–Crippen LogP) is 2.84. The van der Waals surface area contributed by atoms with Gasteiger partial charge in [0.25, 0.3) is 5.91 Å². The molecule has 2 amide bonds. The van der Waals surface area contributed by atoms with Gasteiger partial charge in [0.2, 0.25) is 15.9 Å². The van der Waals surface area contributed by atoms with Gasteiger partial charge in [-0.3, -0.25) is 9.59 Å². The van der Waals surface area contributed by atoms with Crippen LogP contribution in [0.25, 0.3) is 0 Å². The second-order valence-corrected chi connectivity index (χ2v) is 11.8. The largest absolute Gasteiger partial charge is 0.497 e. The van der Waals surface area contributed by atoms with Gasteiger partial charge >= 0.3 is 0 Å². The molecule has 11 nitrogen and oxygen atoms in total. The first-order valence-corrected chi connectivity index (χ1v) is 15.3. The molecule has 3 aromatic carbocycles. The summed E-state index contributed by atoms with van der Waals surface area (Å²) in [4.78, 5) is 28.2. The Morgan fingerprint density at radius 1 is 0.930 bits per heavy atom. The Morgan fingerprint density at radius 3 is 2.23 bits per heavy atom. The third kappa shape index (κ3) is 8.25. The minimum atomic E-state index is -3.65. The Bertz CT molecular complexity index is 1470. The normalized spacial score (nSPS) is 14.4. The van der Waals surface area contributed by atoms with E-state index in [9.17, 15) is 18.0 Å².